The van der Waals surface area contributed by atoms with E-state index in [1.807, 2.05) is 58.1 Å². The summed E-state index contributed by atoms with van der Waals surface area (Å²) in [5.74, 6) is 0.492. The quantitative estimate of drug-likeness (QED) is 0.631. The van der Waals surface area contributed by atoms with E-state index in [4.69, 9.17) is 0 Å². The summed E-state index contributed by atoms with van der Waals surface area (Å²) in [6.45, 7) is 6.17. The zero-order valence-electron chi connectivity index (χ0n) is 18.4. The van der Waals surface area contributed by atoms with Gasteiger partial charge in [-0.2, -0.15) is 5.10 Å². The van der Waals surface area contributed by atoms with Gasteiger partial charge in [0, 0.05) is 42.5 Å². The summed E-state index contributed by atoms with van der Waals surface area (Å²) in [6, 6.07) is 15.2. The lowest BCUT2D eigenvalue weighted by Crippen LogP contribution is -2.30. The van der Waals surface area contributed by atoms with E-state index >= 15 is 0 Å². The van der Waals surface area contributed by atoms with Crippen LogP contribution in [0.1, 0.15) is 70.8 Å². The lowest BCUT2D eigenvalue weighted by molar-refractivity contribution is 0.0792. The maximum absolute atomic E-state index is 13.3. The van der Waals surface area contributed by atoms with Crippen molar-refractivity contribution in [1.82, 2.24) is 19.7 Å². The molecule has 2 aromatic carbocycles. The number of fused-ring (bicyclic) bond motifs is 1. The number of hydrogen-bond donors (Lipinski definition) is 0. The fraction of sp³-hybridized carbons (Fsp3) is 0.360. The highest BCUT2D eigenvalue weighted by Gasteiger charge is 2.37. The molecule has 1 unspecified atom stereocenters. The van der Waals surface area contributed by atoms with Crippen LogP contribution in [0.15, 0.2) is 54.9 Å². The van der Waals surface area contributed by atoms with E-state index in [-0.39, 0.29) is 23.8 Å². The third kappa shape index (κ3) is 3.57. The number of hydrogen-bond acceptors (Lipinski definition) is 4. The number of rotatable bonds is 4. The number of carbonyl (C=O) groups excluding carboxylic acids is 2. The van der Waals surface area contributed by atoms with Crippen LogP contribution in [0.5, 0.6) is 0 Å². The Morgan fingerprint density at radius 3 is 2.41 bits per heavy atom. The molecule has 0 aliphatic carbocycles. The van der Waals surface area contributed by atoms with Crippen molar-refractivity contribution in [1.29, 1.82) is 0 Å². The Morgan fingerprint density at radius 1 is 0.969 bits per heavy atom. The van der Waals surface area contributed by atoms with Crippen molar-refractivity contribution in [3.05, 3.63) is 77.4 Å². The molecule has 1 saturated heterocycles. The summed E-state index contributed by atoms with van der Waals surface area (Å²) < 4.78 is 1.83. The Balaban J connectivity index is 1.54. The zero-order valence-corrected chi connectivity index (χ0v) is 18.4. The largest absolute Gasteiger partial charge is 0.339 e. The highest BCUT2D eigenvalue weighted by atomic mass is 16.2. The normalized spacial score (nSPS) is 17.8. The Labute approximate surface area is 187 Å². The molecule has 7 nitrogen and oxygen atoms in total. The fourth-order valence-corrected chi connectivity index (χ4v) is 4.54. The highest BCUT2D eigenvalue weighted by Crippen LogP contribution is 2.40. The van der Waals surface area contributed by atoms with Crippen molar-refractivity contribution in [2.45, 2.75) is 38.6 Å². The van der Waals surface area contributed by atoms with E-state index in [9.17, 15) is 9.59 Å². The van der Waals surface area contributed by atoms with E-state index in [0.717, 1.165) is 37.2 Å². The summed E-state index contributed by atoms with van der Waals surface area (Å²) in [5.41, 5.74) is 3.05. The lowest BCUT2D eigenvalue weighted by atomic mass is 9.98. The van der Waals surface area contributed by atoms with Gasteiger partial charge < -0.3 is 9.80 Å². The standard InChI is InChI=1S/C25H27N5O2/c1-17(2)30-16-26-23(27-30)21-15-29(25(32)18-8-4-3-5-9-18)22-11-10-19(14-20(21)22)24(31)28-12-6-7-13-28/h3-5,8-11,14,16-17,21H,6-7,12-13,15H2,1-2H3. The molecule has 3 heterocycles. The van der Waals surface area contributed by atoms with Crippen LogP contribution in [0.4, 0.5) is 5.69 Å². The van der Waals surface area contributed by atoms with Gasteiger partial charge in [0.1, 0.15) is 6.33 Å². The van der Waals surface area contributed by atoms with Gasteiger partial charge >= 0.3 is 0 Å². The summed E-state index contributed by atoms with van der Waals surface area (Å²) >= 11 is 0. The van der Waals surface area contributed by atoms with E-state index in [0.29, 0.717) is 23.5 Å². The minimum atomic E-state index is -0.177. The topological polar surface area (TPSA) is 71.3 Å². The first-order chi connectivity index (χ1) is 15.5. The molecule has 32 heavy (non-hydrogen) atoms. The maximum atomic E-state index is 13.3. The third-order valence-electron chi connectivity index (χ3n) is 6.33. The molecule has 2 amide bonds. The number of likely N-dealkylation sites (tertiary alicyclic amines) is 1. The molecule has 2 aliphatic heterocycles. The number of benzene rings is 2. The minimum Gasteiger partial charge on any atom is -0.339 e. The summed E-state index contributed by atoms with van der Waals surface area (Å²) in [7, 11) is 0. The molecule has 7 heteroatoms. The van der Waals surface area contributed by atoms with Crippen molar-refractivity contribution in [2.24, 2.45) is 0 Å². The molecule has 3 aromatic rings. The second-order valence-corrected chi connectivity index (χ2v) is 8.78. The Bertz CT molecular complexity index is 1150. The van der Waals surface area contributed by atoms with Crippen molar-refractivity contribution in [2.75, 3.05) is 24.5 Å². The molecular weight excluding hydrogens is 402 g/mol. The van der Waals surface area contributed by atoms with Crippen molar-refractivity contribution in [3.8, 4) is 0 Å². The van der Waals surface area contributed by atoms with Gasteiger partial charge in [0.05, 0.1) is 5.92 Å². The average molecular weight is 430 g/mol. The van der Waals surface area contributed by atoms with Crippen molar-refractivity contribution >= 4 is 17.5 Å². The SMILES string of the molecule is CC(C)n1cnc(C2CN(C(=O)c3ccccc3)c3ccc(C(=O)N4CCCC4)cc32)n1. The maximum Gasteiger partial charge on any atom is 0.258 e. The van der Waals surface area contributed by atoms with E-state index in [1.54, 1.807) is 11.2 Å². The van der Waals surface area contributed by atoms with Gasteiger partial charge in [0.2, 0.25) is 0 Å². The van der Waals surface area contributed by atoms with Crippen LogP contribution in [-0.2, 0) is 0 Å². The van der Waals surface area contributed by atoms with Gasteiger partial charge in [-0.15, -0.1) is 0 Å². The van der Waals surface area contributed by atoms with Crippen LogP contribution < -0.4 is 4.90 Å². The second-order valence-electron chi connectivity index (χ2n) is 8.78. The first-order valence-corrected chi connectivity index (χ1v) is 11.2. The first kappa shape index (κ1) is 20.4. The highest BCUT2D eigenvalue weighted by molar-refractivity contribution is 6.08. The number of anilines is 1. The Kier molecular flexibility index (Phi) is 5.25. The number of aromatic nitrogens is 3. The van der Waals surface area contributed by atoms with E-state index in [1.165, 1.54) is 0 Å². The summed E-state index contributed by atoms with van der Waals surface area (Å²) in [5, 5.41) is 4.68. The predicted octanol–water partition coefficient (Wildman–Crippen LogP) is 3.89. The molecule has 164 valence electrons. The summed E-state index contributed by atoms with van der Waals surface area (Å²) in [6.07, 6.45) is 3.84. The van der Waals surface area contributed by atoms with Gasteiger partial charge in [0.25, 0.3) is 11.8 Å². The average Bonchev–Trinajstić information content (AvgIpc) is 3.58. The fourth-order valence-electron chi connectivity index (χ4n) is 4.54. The molecule has 1 atom stereocenters. The Hall–Kier alpha value is -3.48. The van der Waals surface area contributed by atoms with Crippen LogP contribution in [0.3, 0.4) is 0 Å². The first-order valence-electron chi connectivity index (χ1n) is 11.2. The van der Waals surface area contributed by atoms with E-state index < -0.39 is 0 Å². The van der Waals surface area contributed by atoms with Crippen LogP contribution in [0.2, 0.25) is 0 Å². The third-order valence-corrected chi connectivity index (χ3v) is 6.33. The second kappa shape index (κ2) is 8.22. The van der Waals surface area contributed by atoms with Gasteiger partial charge in [-0.05, 0) is 62.6 Å². The molecule has 1 aromatic heterocycles. The van der Waals surface area contributed by atoms with Gasteiger partial charge in [-0.25, -0.2) is 4.98 Å². The summed E-state index contributed by atoms with van der Waals surface area (Å²) in [4.78, 5) is 34.6. The molecule has 1 fully saturated rings. The zero-order chi connectivity index (χ0) is 22.2. The van der Waals surface area contributed by atoms with Crippen molar-refractivity contribution in [3.63, 3.8) is 0 Å². The van der Waals surface area contributed by atoms with Gasteiger partial charge in [-0.3, -0.25) is 14.3 Å². The molecule has 5 rings (SSSR count). The number of carbonyl (C=O) groups is 2. The lowest BCUT2D eigenvalue weighted by Gasteiger charge is -2.18. The van der Waals surface area contributed by atoms with Gasteiger partial charge in [-0.1, -0.05) is 18.2 Å². The van der Waals surface area contributed by atoms with Crippen LogP contribution in [0.25, 0.3) is 0 Å². The Morgan fingerprint density at radius 2 is 1.72 bits per heavy atom. The molecule has 0 N–H and O–H groups in total. The monoisotopic (exact) mass is 429 g/mol. The number of amides is 2. The molecule has 0 saturated carbocycles. The molecule has 0 radical (unpaired) electrons. The molecule has 0 spiro atoms. The molecule has 0 bridgehead atoms. The predicted molar refractivity (Wildman–Crippen MR) is 122 cm³/mol. The van der Waals surface area contributed by atoms with E-state index in [2.05, 4.69) is 23.9 Å². The molecular formula is C25H27N5O2. The smallest absolute Gasteiger partial charge is 0.258 e. The minimum absolute atomic E-state index is 0.0533. The van der Waals surface area contributed by atoms with Crippen molar-refractivity contribution < 1.29 is 9.59 Å². The number of nitrogens with zero attached hydrogens (tertiary/aromatic N) is 5. The van der Waals surface area contributed by atoms with Gasteiger partial charge in [0.15, 0.2) is 5.82 Å². The van der Waals surface area contributed by atoms with Crippen LogP contribution in [-0.4, -0.2) is 51.1 Å². The van der Waals surface area contributed by atoms with Crippen LogP contribution in [0, 0.1) is 0 Å². The molecule has 2 aliphatic rings. The van der Waals surface area contributed by atoms with Crippen LogP contribution >= 0.6 is 0 Å².